The number of ether oxygens (including phenoxy) is 1. The topological polar surface area (TPSA) is 61.2 Å². The van der Waals surface area contributed by atoms with Crippen LogP contribution in [0.4, 0.5) is 5.82 Å². The first kappa shape index (κ1) is 12.8. The second-order valence-corrected chi connectivity index (χ2v) is 4.48. The van der Waals surface area contributed by atoms with E-state index in [-0.39, 0.29) is 0 Å². The van der Waals surface area contributed by atoms with E-state index in [1.165, 1.54) is 0 Å². The molecular weight excluding hydrogens is 228 g/mol. The monoisotopic (exact) mass is 246 g/mol. The quantitative estimate of drug-likeness (QED) is 0.861. The third kappa shape index (κ3) is 3.69. The van der Waals surface area contributed by atoms with Crippen LogP contribution in [0, 0.1) is 11.3 Å². The molecule has 1 N–H and O–H groups in total. The Kier molecular flexibility index (Phi) is 4.51. The number of morpholine rings is 1. The smallest absolute Gasteiger partial charge is 0.142 e. The van der Waals surface area contributed by atoms with Crippen molar-refractivity contribution in [1.29, 1.82) is 5.26 Å². The second-order valence-electron chi connectivity index (χ2n) is 4.48. The molecule has 1 saturated heterocycles. The summed E-state index contributed by atoms with van der Waals surface area (Å²) in [5, 5.41) is 12.1. The number of hydrogen-bond acceptors (Lipinski definition) is 5. The van der Waals surface area contributed by atoms with Crippen LogP contribution in [0.2, 0.25) is 0 Å². The summed E-state index contributed by atoms with van der Waals surface area (Å²) in [6.45, 7) is 6.68. The maximum absolute atomic E-state index is 8.79. The van der Waals surface area contributed by atoms with E-state index >= 15 is 0 Å². The Labute approximate surface area is 107 Å². The lowest BCUT2D eigenvalue weighted by Gasteiger charge is -2.29. The zero-order chi connectivity index (χ0) is 12.8. The molecule has 1 unspecified atom stereocenters. The molecule has 5 nitrogen and oxygen atoms in total. The van der Waals surface area contributed by atoms with Crippen LogP contribution in [0.1, 0.15) is 12.6 Å². The van der Waals surface area contributed by atoms with Crippen molar-refractivity contribution in [2.75, 3.05) is 38.2 Å². The number of hydrogen-bond donors (Lipinski definition) is 1. The molecule has 2 rings (SSSR count). The zero-order valence-electron chi connectivity index (χ0n) is 10.6. The Morgan fingerprint density at radius 3 is 3.00 bits per heavy atom. The fraction of sp³-hybridized carbons (Fsp3) is 0.538. The summed E-state index contributed by atoms with van der Waals surface area (Å²) in [6.07, 6.45) is 0. The highest BCUT2D eigenvalue weighted by molar-refractivity contribution is 5.39. The molecule has 0 radical (unpaired) electrons. The Bertz CT molecular complexity index is 423. The predicted octanol–water partition coefficient (Wildman–Crippen LogP) is 1.09. The number of nitriles is 1. The van der Waals surface area contributed by atoms with E-state index in [0.717, 1.165) is 38.7 Å². The molecule has 5 heteroatoms. The van der Waals surface area contributed by atoms with Crippen LogP contribution < -0.4 is 5.32 Å². The van der Waals surface area contributed by atoms with Crippen LogP contribution in [-0.4, -0.2) is 48.8 Å². The van der Waals surface area contributed by atoms with Crippen LogP contribution in [0.15, 0.2) is 18.2 Å². The van der Waals surface area contributed by atoms with Gasteiger partial charge in [0.25, 0.3) is 0 Å². The van der Waals surface area contributed by atoms with Gasteiger partial charge in [0.05, 0.1) is 13.2 Å². The minimum absolute atomic E-state index is 0.296. The SMILES string of the molecule is CC(CN1CCOCC1)Nc1cccc(C#N)n1. The lowest BCUT2D eigenvalue weighted by Crippen LogP contribution is -2.42. The van der Waals surface area contributed by atoms with E-state index < -0.39 is 0 Å². The van der Waals surface area contributed by atoms with Gasteiger partial charge in [0.2, 0.25) is 0 Å². The van der Waals surface area contributed by atoms with Crippen LogP contribution in [-0.2, 0) is 4.74 Å². The van der Waals surface area contributed by atoms with Crippen LogP contribution in [0.5, 0.6) is 0 Å². The minimum atomic E-state index is 0.296. The third-order valence-electron chi connectivity index (χ3n) is 2.89. The molecule has 0 saturated carbocycles. The van der Waals surface area contributed by atoms with Crippen molar-refractivity contribution in [2.24, 2.45) is 0 Å². The molecule has 18 heavy (non-hydrogen) atoms. The van der Waals surface area contributed by atoms with E-state index in [4.69, 9.17) is 10.00 Å². The van der Waals surface area contributed by atoms with Crippen molar-refractivity contribution in [2.45, 2.75) is 13.0 Å². The summed E-state index contributed by atoms with van der Waals surface area (Å²) >= 11 is 0. The summed E-state index contributed by atoms with van der Waals surface area (Å²) < 4.78 is 5.32. The molecule has 1 aliphatic heterocycles. The Hall–Kier alpha value is -1.64. The van der Waals surface area contributed by atoms with Gasteiger partial charge in [-0.3, -0.25) is 4.90 Å². The summed E-state index contributed by atoms with van der Waals surface area (Å²) in [7, 11) is 0. The average Bonchev–Trinajstić information content (AvgIpc) is 2.40. The van der Waals surface area contributed by atoms with Crippen molar-refractivity contribution in [3.8, 4) is 6.07 Å². The lowest BCUT2D eigenvalue weighted by molar-refractivity contribution is 0.0368. The normalized spacial score (nSPS) is 18.0. The summed E-state index contributed by atoms with van der Waals surface area (Å²) in [5.74, 6) is 0.759. The van der Waals surface area contributed by atoms with E-state index in [1.54, 1.807) is 6.07 Å². The van der Waals surface area contributed by atoms with Gasteiger partial charge in [-0.25, -0.2) is 4.98 Å². The van der Waals surface area contributed by atoms with E-state index in [2.05, 4.69) is 22.1 Å². The zero-order valence-corrected chi connectivity index (χ0v) is 10.6. The van der Waals surface area contributed by atoms with Gasteiger partial charge in [-0.15, -0.1) is 0 Å². The number of nitrogens with zero attached hydrogens (tertiary/aromatic N) is 3. The maximum Gasteiger partial charge on any atom is 0.142 e. The van der Waals surface area contributed by atoms with Gasteiger partial charge in [-0.2, -0.15) is 5.26 Å². The van der Waals surface area contributed by atoms with Gasteiger partial charge in [-0.05, 0) is 19.1 Å². The highest BCUT2D eigenvalue weighted by Crippen LogP contribution is 2.07. The molecule has 0 bridgehead atoms. The van der Waals surface area contributed by atoms with Crippen LogP contribution >= 0.6 is 0 Å². The molecule has 1 aromatic rings. The molecule has 0 aromatic carbocycles. The number of rotatable bonds is 4. The summed E-state index contributed by atoms with van der Waals surface area (Å²) in [6, 6.07) is 7.77. The fourth-order valence-electron chi connectivity index (χ4n) is 2.05. The molecule has 0 aliphatic carbocycles. The molecule has 1 aliphatic rings. The molecule has 0 amide bonds. The van der Waals surface area contributed by atoms with Gasteiger partial charge < -0.3 is 10.1 Å². The first-order chi connectivity index (χ1) is 8.78. The van der Waals surface area contributed by atoms with Gasteiger partial charge in [0.15, 0.2) is 0 Å². The van der Waals surface area contributed by atoms with Gasteiger partial charge in [-0.1, -0.05) is 6.07 Å². The first-order valence-electron chi connectivity index (χ1n) is 6.22. The first-order valence-corrected chi connectivity index (χ1v) is 6.22. The number of anilines is 1. The Morgan fingerprint density at radius 2 is 2.28 bits per heavy atom. The maximum atomic E-state index is 8.79. The number of pyridine rings is 1. The molecule has 0 spiro atoms. The predicted molar refractivity (Wildman–Crippen MR) is 69.3 cm³/mol. The average molecular weight is 246 g/mol. The van der Waals surface area contributed by atoms with E-state index in [9.17, 15) is 0 Å². The van der Waals surface area contributed by atoms with Crippen molar-refractivity contribution in [1.82, 2.24) is 9.88 Å². The van der Waals surface area contributed by atoms with Crippen molar-refractivity contribution in [3.05, 3.63) is 23.9 Å². The molecule has 1 aromatic heterocycles. The van der Waals surface area contributed by atoms with Gasteiger partial charge >= 0.3 is 0 Å². The molecule has 2 heterocycles. The second kappa shape index (κ2) is 6.34. The number of aromatic nitrogens is 1. The largest absolute Gasteiger partial charge is 0.379 e. The van der Waals surface area contributed by atoms with Crippen LogP contribution in [0.3, 0.4) is 0 Å². The highest BCUT2D eigenvalue weighted by Gasteiger charge is 2.13. The summed E-state index contributed by atoms with van der Waals surface area (Å²) in [5.41, 5.74) is 0.443. The molecular formula is C13H18N4O. The Morgan fingerprint density at radius 1 is 1.50 bits per heavy atom. The summed E-state index contributed by atoms with van der Waals surface area (Å²) in [4.78, 5) is 6.58. The fourth-order valence-corrected chi connectivity index (χ4v) is 2.05. The molecule has 1 fully saturated rings. The van der Waals surface area contributed by atoms with Crippen LogP contribution in [0.25, 0.3) is 0 Å². The van der Waals surface area contributed by atoms with Gasteiger partial charge in [0, 0.05) is 25.7 Å². The minimum Gasteiger partial charge on any atom is -0.379 e. The van der Waals surface area contributed by atoms with Crippen molar-refractivity contribution >= 4 is 5.82 Å². The van der Waals surface area contributed by atoms with Crippen molar-refractivity contribution in [3.63, 3.8) is 0 Å². The van der Waals surface area contributed by atoms with E-state index in [0.29, 0.717) is 11.7 Å². The molecule has 1 atom stereocenters. The number of nitrogens with one attached hydrogen (secondary N) is 1. The third-order valence-corrected chi connectivity index (χ3v) is 2.89. The highest BCUT2D eigenvalue weighted by atomic mass is 16.5. The van der Waals surface area contributed by atoms with Gasteiger partial charge in [0.1, 0.15) is 17.6 Å². The Balaban J connectivity index is 1.86. The van der Waals surface area contributed by atoms with Crippen molar-refractivity contribution < 1.29 is 4.74 Å². The van der Waals surface area contributed by atoms with E-state index in [1.807, 2.05) is 18.2 Å². The molecule has 96 valence electrons. The lowest BCUT2D eigenvalue weighted by atomic mass is 10.2. The standard InChI is InChI=1S/C13H18N4O/c1-11(10-17-5-7-18-8-6-17)15-13-4-2-3-12(9-14)16-13/h2-4,11H,5-8,10H2,1H3,(H,15,16).